The minimum Gasteiger partial charge on any atom is -0.497 e. The van der Waals surface area contributed by atoms with E-state index in [-0.39, 0.29) is 5.41 Å². The summed E-state index contributed by atoms with van der Waals surface area (Å²) in [7, 11) is 3.75. The molecule has 1 aromatic carbocycles. The van der Waals surface area contributed by atoms with Gasteiger partial charge in [-0.3, -0.25) is 0 Å². The summed E-state index contributed by atoms with van der Waals surface area (Å²) in [6.45, 7) is 2.81. The molecule has 3 heteroatoms. The van der Waals surface area contributed by atoms with Crippen molar-refractivity contribution in [2.24, 2.45) is 5.41 Å². The molecule has 1 aliphatic carbocycles. The van der Waals surface area contributed by atoms with Crippen LogP contribution in [0.15, 0.2) is 24.3 Å². The number of hydrogen-bond donors (Lipinski definition) is 1. The molecule has 3 rings (SSSR count). The van der Waals surface area contributed by atoms with Crippen molar-refractivity contribution in [1.29, 1.82) is 0 Å². The molecule has 0 radical (unpaired) electrons. The average molecular weight is 247 g/mol. The molecule has 1 N–H and O–H groups in total. The molecule has 1 saturated carbocycles. The van der Waals surface area contributed by atoms with E-state index in [1.54, 1.807) is 7.11 Å². The van der Waals surface area contributed by atoms with Crippen molar-refractivity contribution < 1.29 is 9.47 Å². The number of rotatable bonds is 5. The predicted octanol–water partition coefficient (Wildman–Crippen LogP) is 1.96. The van der Waals surface area contributed by atoms with Gasteiger partial charge >= 0.3 is 0 Å². The highest BCUT2D eigenvalue weighted by Crippen LogP contribution is 2.62. The largest absolute Gasteiger partial charge is 0.497 e. The topological polar surface area (TPSA) is 30.5 Å². The Labute approximate surface area is 108 Å². The fourth-order valence-corrected chi connectivity index (χ4v) is 3.31. The molecule has 3 nitrogen and oxygen atoms in total. The van der Waals surface area contributed by atoms with E-state index in [1.807, 2.05) is 7.05 Å². The third-order valence-corrected chi connectivity index (χ3v) is 4.72. The zero-order valence-corrected chi connectivity index (χ0v) is 11.2. The van der Waals surface area contributed by atoms with Gasteiger partial charge in [0.1, 0.15) is 5.75 Å². The molecular formula is C15H21NO2. The quantitative estimate of drug-likeness (QED) is 0.863. The number of methoxy groups -OCH3 is 1. The van der Waals surface area contributed by atoms with Crippen LogP contribution in [0.2, 0.25) is 0 Å². The Balaban J connectivity index is 1.91. The summed E-state index contributed by atoms with van der Waals surface area (Å²) >= 11 is 0. The van der Waals surface area contributed by atoms with Crippen molar-refractivity contribution in [2.75, 3.05) is 33.9 Å². The fraction of sp³-hybridized carbons (Fsp3) is 0.600. The maximum atomic E-state index is 5.56. The lowest BCUT2D eigenvalue weighted by molar-refractivity contribution is -0.0986. The van der Waals surface area contributed by atoms with Crippen molar-refractivity contribution in [3.8, 4) is 5.75 Å². The zero-order valence-electron chi connectivity index (χ0n) is 11.2. The summed E-state index contributed by atoms with van der Waals surface area (Å²) in [5.74, 6) is 0.924. The van der Waals surface area contributed by atoms with Crippen LogP contribution in [0.5, 0.6) is 5.75 Å². The van der Waals surface area contributed by atoms with Crippen molar-refractivity contribution in [2.45, 2.75) is 18.3 Å². The second-order valence-corrected chi connectivity index (χ2v) is 5.61. The van der Waals surface area contributed by atoms with Crippen LogP contribution in [0.4, 0.5) is 0 Å². The molecule has 98 valence electrons. The molecule has 1 aromatic rings. The lowest BCUT2D eigenvalue weighted by atomic mass is 9.66. The van der Waals surface area contributed by atoms with E-state index >= 15 is 0 Å². The summed E-state index contributed by atoms with van der Waals surface area (Å²) in [6, 6.07) is 8.53. The molecule has 0 spiro atoms. The van der Waals surface area contributed by atoms with Gasteiger partial charge in [0.25, 0.3) is 0 Å². The van der Waals surface area contributed by atoms with E-state index < -0.39 is 0 Å². The monoisotopic (exact) mass is 247 g/mol. The van der Waals surface area contributed by atoms with E-state index in [0.29, 0.717) is 5.41 Å². The third-order valence-electron chi connectivity index (χ3n) is 4.72. The van der Waals surface area contributed by atoms with Crippen LogP contribution in [0.1, 0.15) is 18.4 Å². The molecule has 1 heterocycles. The molecule has 2 fully saturated rings. The predicted molar refractivity (Wildman–Crippen MR) is 71.1 cm³/mol. The number of benzene rings is 1. The SMILES string of the molecule is CNCC1(C2(c3ccc(OC)cc3)COC2)CC1. The smallest absolute Gasteiger partial charge is 0.118 e. The van der Waals surface area contributed by atoms with Crippen LogP contribution in [-0.4, -0.2) is 33.9 Å². The van der Waals surface area contributed by atoms with Gasteiger partial charge in [0.2, 0.25) is 0 Å². The highest BCUT2D eigenvalue weighted by Gasteiger charge is 2.62. The van der Waals surface area contributed by atoms with E-state index in [1.165, 1.54) is 18.4 Å². The Kier molecular flexibility index (Phi) is 2.83. The van der Waals surface area contributed by atoms with Crippen LogP contribution in [-0.2, 0) is 10.2 Å². The highest BCUT2D eigenvalue weighted by molar-refractivity contribution is 5.38. The second-order valence-electron chi connectivity index (χ2n) is 5.61. The first kappa shape index (κ1) is 12.0. The van der Waals surface area contributed by atoms with Crippen molar-refractivity contribution in [3.05, 3.63) is 29.8 Å². The van der Waals surface area contributed by atoms with Crippen molar-refractivity contribution >= 4 is 0 Å². The van der Waals surface area contributed by atoms with Gasteiger partial charge in [0.15, 0.2) is 0 Å². The van der Waals surface area contributed by atoms with Gasteiger partial charge < -0.3 is 14.8 Å². The minimum absolute atomic E-state index is 0.224. The molecule has 0 unspecified atom stereocenters. The summed E-state index contributed by atoms with van der Waals surface area (Å²) in [6.07, 6.45) is 2.62. The van der Waals surface area contributed by atoms with Crippen molar-refractivity contribution in [3.63, 3.8) is 0 Å². The van der Waals surface area contributed by atoms with Crippen LogP contribution in [0.25, 0.3) is 0 Å². The maximum Gasteiger partial charge on any atom is 0.118 e. The Hall–Kier alpha value is -1.06. The van der Waals surface area contributed by atoms with Crippen LogP contribution < -0.4 is 10.1 Å². The lowest BCUT2D eigenvalue weighted by Gasteiger charge is -2.48. The number of hydrogen-bond acceptors (Lipinski definition) is 3. The van der Waals surface area contributed by atoms with Crippen LogP contribution in [0.3, 0.4) is 0 Å². The molecular weight excluding hydrogens is 226 g/mol. The zero-order chi connectivity index (χ0) is 12.6. The molecule has 18 heavy (non-hydrogen) atoms. The highest BCUT2D eigenvalue weighted by atomic mass is 16.5. The minimum atomic E-state index is 0.224. The number of nitrogens with one attached hydrogen (secondary N) is 1. The molecule has 0 amide bonds. The van der Waals surface area contributed by atoms with Gasteiger partial charge in [-0.2, -0.15) is 0 Å². The molecule has 0 aromatic heterocycles. The summed E-state index contributed by atoms with van der Waals surface area (Å²) < 4.78 is 10.8. The second kappa shape index (κ2) is 4.25. The van der Waals surface area contributed by atoms with E-state index in [9.17, 15) is 0 Å². The van der Waals surface area contributed by atoms with Crippen LogP contribution >= 0.6 is 0 Å². The standard InChI is InChI=1S/C15H21NO2/c1-16-9-14(7-8-14)15(10-18-11-15)12-3-5-13(17-2)6-4-12/h3-6,16H,7-11H2,1-2H3. The molecule has 1 saturated heterocycles. The molecule has 0 atom stereocenters. The summed E-state index contributed by atoms with van der Waals surface area (Å²) in [5.41, 5.74) is 2.04. The maximum absolute atomic E-state index is 5.56. The Morgan fingerprint density at radius 3 is 2.28 bits per heavy atom. The Bertz CT molecular complexity index is 419. The number of ether oxygens (including phenoxy) is 2. The van der Waals surface area contributed by atoms with Gasteiger partial charge in [0.05, 0.1) is 20.3 Å². The molecule has 1 aliphatic heterocycles. The van der Waals surface area contributed by atoms with Gasteiger partial charge in [-0.15, -0.1) is 0 Å². The van der Waals surface area contributed by atoms with Gasteiger partial charge in [-0.25, -0.2) is 0 Å². The average Bonchev–Trinajstić information content (AvgIpc) is 3.10. The first-order chi connectivity index (χ1) is 8.76. The van der Waals surface area contributed by atoms with Gasteiger partial charge in [0, 0.05) is 12.0 Å². The molecule has 0 bridgehead atoms. The summed E-state index contributed by atoms with van der Waals surface area (Å²) in [5, 5.41) is 3.36. The lowest BCUT2D eigenvalue weighted by Crippen LogP contribution is -2.56. The summed E-state index contributed by atoms with van der Waals surface area (Å²) in [4.78, 5) is 0. The Morgan fingerprint density at radius 2 is 1.89 bits per heavy atom. The third kappa shape index (κ3) is 1.57. The molecule has 2 aliphatic rings. The first-order valence-corrected chi connectivity index (χ1v) is 6.63. The van der Waals surface area contributed by atoms with Gasteiger partial charge in [-0.1, -0.05) is 12.1 Å². The van der Waals surface area contributed by atoms with E-state index in [0.717, 1.165) is 25.5 Å². The normalized spacial score (nSPS) is 23.2. The Morgan fingerprint density at radius 1 is 1.22 bits per heavy atom. The van der Waals surface area contributed by atoms with E-state index in [4.69, 9.17) is 9.47 Å². The first-order valence-electron chi connectivity index (χ1n) is 6.63. The van der Waals surface area contributed by atoms with E-state index in [2.05, 4.69) is 29.6 Å². The van der Waals surface area contributed by atoms with Gasteiger partial charge in [-0.05, 0) is 43.0 Å². The van der Waals surface area contributed by atoms with Crippen molar-refractivity contribution in [1.82, 2.24) is 5.32 Å². The van der Waals surface area contributed by atoms with Crippen LogP contribution in [0, 0.1) is 5.41 Å². The fourth-order valence-electron chi connectivity index (χ4n) is 3.31.